The van der Waals surface area contributed by atoms with Gasteiger partial charge in [0.1, 0.15) is 18.8 Å². The number of nitrogens with one attached hydrogen (secondary N) is 1. The van der Waals surface area contributed by atoms with Crippen LogP contribution in [0.5, 0.6) is 0 Å². The number of hydrogen-bond acceptors (Lipinski definition) is 4. The monoisotopic (exact) mass is 238 g/mol. The third-order valence-corrected chi connectivity index (χ3v) is 1.78. The molecule has 0 saturated carbocycles. The van der Waals surface area contributed by atoms with Crippen molar-refractivity contribution in [3.05, 3.63) is 12.2 Å². The third-order valence-electron chi connectivity index (χ3n) is 1.78. The Labute approximate surface area is 90.6 Å². The summed E-state index contributed by atoms with van der Waals surface area (Å²) in [4.78, 5) is 3.94. The summed E-state index contributed by atoms with van der Waals surface area (Å²) in [6.07, 6.45) is -2.85. The molecule has 0 unspecified atom stereocenters. The second kappa shape index (κ2) is 5.80. The van der Waals surface area contributed by atoms with Gasteiger partial charge < -0.3 is 10.1 Å². The molecule has 1 heterocycles. The normalized spacial score (nSPS) is 12.0. The van der Waals surface area contributed by atoms with Gasteiger partial charge in [-0.3, -0.25) is 4.68 Å². The highest BCUT2D eigenvalue weighted by molar-refractivity contribution is 4.81. The lowest BCUT2D eigenvalue weighted by atomic mass is 10.5. The summed E-state index contributed by atoms with van der Waals surface area (Å²) >= 11 is 0. The van der Waals surface area contributed by atoms with E-state index in [1.165, 1.54) is 6.33 Å². The Morgan fingerprint density at radius 3 is 2.81 bits per heavy atom. The van der Waals surface area contributed by atoms with E-state index in [1.807, 2.05) is 0 Å². The van der Waals surface area contributed by atoms with Crippen LogP contribution in [0.25, 0.3) is 0 Å². The van der Waals surface area contributed by atoms with Crippen LogP contribution in [0.15, 0.2) is 6.33 Å². The molecule has 0 aromatic carbocycles. The number of rotatable bonds is 6. The van der Waals surface area contributed by atoms with Gasteiger partial charge in [0.05, 0.1) is 13.2 Å². The quantitative estimate of drug-likeness (QED) is 0.732. The molecule has 92 valence electrons. The molecule has 0 aliphatic rings. The summed E-state index contributed by atoms with van der Waals surface area (Å²) in [6.45, 7) is -0.412. The zero-order valence-corrected chi connectivity index (χ0v) is 8.79. The third kappa shape index (κ3) is 5.08. The maximum Gasteiger partial charge on any atom is 0.411 e. The van der Waals surface area contributed by atoms with Gasteiger partial charge in [-0.05, 0) is 0 Å². The predicted octanol–water partition coefficient (Wildman–Crippen LogP) is 0.484. The maximum absolute atomic E-state index is 11.7. The van der Waals surface area contributed by atoms with E-state index in [0.717, 1.165) is 5.82 Å². The average Bonchev–Trinajstić information content (AvgIpc) is 2.56. The Balaban J connectivity index is 2.03. The lowest BCUT2D eigenvalue weighted by Gasteiger charge is -2.08. The first-order chi connectivity index (χ1) is 7.49. The molecule has 0 aliphatic heterocycles. The summed E-state index contributed by atoms with van der Waals surface area (Å²) in [5.41, 5.74) is 0. The Hall–Kier alpha value is -1.15. The molecule has 16 heavy (non-hydrogen) atoms. The van der Waals surface area contributed by atoms with Crippen LogP contribution in [0.3, 0.4) is 0 Å². The van der Waals surface area contributed by atoms with Gasteiger partial charge in [-0.1, -0.05) is 0 Å². The fourth-order valence-corrected chi connectivity index (χ4v) is 1.01. The number of hydrogen-bond donors (Lipinski definition) is 1. The van der Waals surface area contributed by atoms with Crippen molar-refractivity contribution in [3.63, 3.8) is 0 Å². The molecular weight excluding hydrogens is 225 g/mol. The summed E-state index contributed by atoms with van der Waals surface area (Å²) in [6, 6.07) is 0. The van der Waals surface area contributed by atoms with Crippen LogP contribution < -0.4 is 5.32 Å². The van der Waals surface area contributed by atoms with Crippen molar-refractivity contribution in [2.24, 2.45) is 7.05 Å². The van der Waals surface area contributed by atoms with Crippen LogP contribution in [-0.2, 0) is 18.3 Å². The fraction of sp³-hybridized carbons (Fsp3) is 0.750. The van der Waals surface area contributed by atoms with E-state index >= 15 is 0 Å². The van der Waals surface area contributed by atoms with Crippen LogP contribution in [0.2, 0.25) is 0 Å². The van der Waals surface area contributed by atoms with E-state index in [1.54, 1.807) is 11.7 Å². The van der Waals surface area contributed by atoms with Crippen LogP contribution in [0, 0.1) is 0 Å². The van der Waals surface area contributed by atoms with Gasteiger partial charge in [0.15, 0.2) is 0 Å². The molecule has 0 aliphatic carbocycles. The molecule has 1 N–H and O–H groups in total. The fourth-order valence-electron chi connectivity index (χ4n) is 1.01. The van der Waals surface area contributed by atoms with Gasteiger partial charge in [0, 0.05) is 13.6 Å². The minimum Gasteiger partial charge on any atom is -0.371 e. The van der Waals surface area contributed by atoms with Crippen LogP contribution in [-0.4, -0.2) is 40.7 Å². The largest absolute Gasteiger partial charge is 0.411 e. The summed E-state index contributed by atoms with van der Waals surface area (Å²) < 4.78 is 41.0. The van der Waals surface area contributed by atoms with Gasteiger partial charge in [0.2, 0.25) is 0 Å². The topological polar surface area (TPSA) is 52.0 Å². The first-order valence-electron chi connectivity index (χ1n) is 4.67. The standard InChI is InChI=1S/C8H13F3N4O/c1-15-7(13-6-14-15)4-12-2-3-16-5-8(9,10)11/h6,12H,2-5H2,1H3. The molecule has 5 nitrogen and oxygen atoms in total. The minimum absolute atomic E-state index is 0.0113. The van der Waals surface area contributed by atoms with Crippen molar-refractivity contribution in [2.45, 2.75) is 12.7 Å². The second-order valence-electron chi connectivity index (χ2n) is 3.14. The zero-order chi connectivity index (χ0) is 12.0. The van der Waals surface area contributed by atoms with Crippen molar-refractivity contribution in [1.29, 1.82) is 0 Å². The van der Waals surface area contributed by atoms with E-state index in [2.05, 4.69) is 20.1 Å². The van der Waals surface area contributed by atoms with E-state index < -0.39 is 12.8 Å². The molecular formula is C8H13F3N4O. The summed E-state index contributed by atoms with van der Waals surface area (Å²) in [5, 5.41) is 6.75. The molecule has 0 fully saturated rings. The van der Waals surface area contributed by atoms with E-state index in [9.17, 15) is 13.2 Å². The molecule has 1 aromatic rings. The highest BCUT2D eigenvalue weighted by Gasteiger charge is 2.27. The lowest BCUT2D eigenvalue weighted by molar-refractivity contribution is -0.173. The Bertz CT molecular complexity index is 312. The number of ether oxygens (including phenoxy) is 1. The highest BCUT2D eigenvalue weighted by Crippen LogP contribution is 2.13. The van der Waals surface area contributed by atoms with Gasteiger partial charge >= 0.3 is 6.18 Å². The molecule has 0 amide bonds. The van der Waals surface area contributed by atoms with Gasteiger partial charge in [-0.25, -0.2) is 4.98 Å². The first-order valence-corrected chi connectivity index (χ1v) is 4.67. The first kappa shape index (κ1) is 12.9. The molecule has 8 heteroatoms. The Morgan fingerprint density at radius 2 is 2.25 bits per heavy atom. The average molecular weight is 238 g/mol. The summed E-state index contributed by atoms with van der Waals surface area (Å²) in [5.74, 6) is 0.718. The van der Waals surface area contributed by atoms with Gasteiger partial charge in [-0.2, -0.15) is 18.3 Å². The van der Waals surface area contributed by atoms with E-state index in [0.29, 0.717) is 13.1 Å². The molecule has 0 atom stereocenters. The number of halogens is 3. The predicted molar refractivity (Wildman–Crippen MR) is 49.6 cm³/mol. The maximum atomic E-state index is 11.7. The van der Waals surface area contributed by atoms with Crippen molar-refractivity contribution < 1.29 is 17.9 Å². The van der Waals surface area contributed by atoms with Crippen LogP contribution in [0.4, 0.5) is 13.2 Å². The van der Waals surface area contributed by atoms with Crippen molar-refractivity contribution >= 4 is 0 Å². The van der Waals surface area contributed by atoms with Gasteiger partial charge in [-0.15, -0.1) is 0 Å². The summed E-state index contributed by atoms with van der Waals surface area (Å²) in [7, 11) is 1.74. The highest BCUT2D eigenvalue weighted by atomic mass is 19.4. The number of alkyl halides is 3. The molecule has 0 radical (unpaired) electrons. The number of aromatic nitrogens is 3. The second-order valence-corrected chi connectivity index (χ2v) is 3.14. The molecule has 1 rings (SSSR count). The SMILES string of the molecule is Cn1ncnc1CNCCOCC(F)(F)F. The Morgan fingerprint density at radius 1 is 1.50 bits per heavy atom. The number of nitrogens with zero attached hydrogens (tertiary/aromatic N) is 3. The molecule has 0 saturated heterocycles. The van der Waals surface area contributed by atoms with Gasteiger partial charge in [0.25, 0.3) is 0 Å². The van der Waals surface area contributed by atoms with Crippen molar-refractivity contribution in [2.75, 3.05) is 19.8 Å². The minimum atomic E-state index is -4.26. The van der Waals surface area contributed by atoms with Crippen molar-refractivity contribution in [3.8, 4) is 0 Å². The van der Waals surface area contributed by atoms with Crippen LogP contribution in [0.1, 0.15) is 5.82 Å². The lowest BCUT2D eigenvalue weighted by Crippen LogP contribution is -2.24. The van der Waals surface area contributed by atoms with Crippen LogP contribution >= 0.6 is 0 Å². The number of aryl methyl sites for hydroxylation is 1. The smallest absolute Gasteiger partial charge is 0.371 e. The zero-order valence-electron chi connectivity index (χ0n) is 8.79. The van der Waals surface area contributed by atoms with Crippen molar-refractivity contribution in [1.82, 2.24) is 20.1 Å². The Kier molecular flexibility index (Phi) is 4.69. The van der Waals surface area contributed by atoms with E-state index in [4.69, 9.17) is 0 Å². The molecule has 0 bridgehead atoms. The molecule has 0 spiro atoms. The van der Waals surface area contributed by atoms with E-state index in [-0.39, 0.29) is 6.61 Å². The molecule has 1 aromatic heterocycles.